The van der Waals surface area contributed by atoms with Gasteiger partial charge in [0, 0.05) is 55.6 Å². The van der Waals surface area contributed by atoms with E-state index >= 15 is 0 Å². The summed E-state index contributed by atoms with van der Waals surface area (Å²) in [5.41, 5.74) is 3.85. The molecule has 178 valence electrons. The SMILES string of the molecule is O=C1CCC(N2C(=O)c3ccc(N4CCN(Cc5ccccc5)CC4)c4cccc2c34)C(=O)N1I. The van der Waals surface area contributed by atoms with Crippen LogP contribution in [-0.2, 0) is 16.1 Å². The topological polar surface area (TPSA) is 64.2 Å². The van der Waals surface area contributed by atoms with Crippen molar-refractivity contribution in [3.8, 4) is 0 Å². The predicted octanol–water partition coefficient (Wildman–Crippen LogP) is 3.99. The van der Waals surface area contributed by atoms with Crippen molar-refractivity contribution in [3.05, 3.63) is 71.8 Å². The number of hydrogen-bond acceptors (Lipinski definition) is 5. The first kappa shape index (κ1) is 22.5. The normalized spacial score (nSPS) is 20.9. The molecule has 1 unspecified atom stereocenters. The maximum Gasteiger partial charge on any atom is 0.261 e. The molecule has 3 aromatic carbocycles. The Kier molecular flexibility index (Phi) is 5.72. The molecule has 0 spiro atoms. The van der Waals surface area contributed by atoms with Crippen LogP contribution in [0.1, 0.15) is 28.8 Å². The van der Waals surface area contributed by atoms with Gasteiger partial charge in [0.1, 0.15) is 6.04 Å². The summed E-state index contributed by atoms with van der Waals surface area (Å²) in [5.74, 6) is -0.689. The first-order chi connectivity index (χ1) is 17.0. The number of carbonyl (C=O) groups is 3. The fourth-order valence-electron chi connectivity index (χ4n) is 5.54. The largest absolute Gasteiger partial charge is 0.368 e. The fourth-order valence-corrected chi connectivity index (χ4v) is 6.10. The molecular weight excluding hydrogens is 555 g/mol. The van der Waals surface area contributed by atoms with Crippen LogP contribution in [0, 0.1) is 0 Å². The molecule has 0 aliphatic carbocycles. The van der Waals surface area contributed by atoms with Gasteiger partial charge in [-0.1, -0.05) is 42.5 Å². The molecule has 7 nitrogen and oxygen atoms in total. The van der Waals surface area contributed by atoms with E-state index in [0.717, 1.165) is 58.0 Å². The van der Waals surface area contributed by atoms with Gasteiger partial charge in [0.05, 0.1) is 34.1 Å². The smallest absolute Gasteiger partial charge is 0.261 e. The summed E-state index contributed by atoms with van der Waals surface area (Å²) < 4.78 is 1.13. The fraction of sp³-hybridized carbons (Fsp3) is 0.296. The Morgan fingerprint density at radius 3 is 2.37 bits per heavy atom. The Morgan fingerprint density at radius 2 is 1.60 bits per heavy atom. The van der Waals surface area contributed by atoms with E-state index in [0.29, 0.717) is 12.0 Å². The highest BCUT2D eigenvalue weighted by Gasteiger charge is 2.43. The highest BCUT2D eigenvalue weighted by Crippen LogP contribution is 2.43. The molecule has 6 rings (SSSR count). The maximum absolute atomic E-state index is 13.5. The first-order valence-electron chi connectivity index (χ1n) is 12.0. The molecule has 3 heterocycles. The van der Waals surface area contributed by atoms with Crippen LogP contribution in [0.3, 0.4) is 0 Å². The van der Waals surface area contributed by atoms with Gasteiger partial charge >= 0.3 is 0 Å². The maximum atomic E-state index is 13.5. The number of carbonyl (C=O) groups excluding carboxylic acids is 3. The molecule has 3 aliphatic rings. The molecule has 0 bridgehead atoms. The van der Waals surface area contributed by atoms with Crippen LogP contribution in [-0.4, -0.2) is 58.0 Å². The predicted molar refractivity (Wildman–Crippen MR) is 144 cm³/mol. The van der Waals surface area contributed by atoms with E-state index < -0.39 is 6.04 Å². The Hall–Kier alpha value is -2.98. The highest BCUT2D eigenvalue weighted by molar-refractivity contribution is 14.1. The molecule has 0 N–H and O–H groups in total. The number of piperidine rings is 1. The van der Waals surface area contributed by atoms with E-state index in [9.17, 15) is 14.4 Å². The summed E-state index contributed by atoms with van der Waals surface area (Å²) in [4.78, 5) is 44.8. The van der Waals surface area contributed by atoms with Crippen molar-refractivity contribution in [2.45, 2.75) is 25.4 Å². The van der Waals surface area contributed by atoms with Crippen LogP contribution in [0.25, 0.3) is 10.8 Å². The zero-order chi connectivity index (χ0) is 24.1. The Bertz CT molecular complexity index is 1340. The minimum absolute atomic E-state index is 0.159. The third-order valence-electron chi connectivity index (χ3n) is 7.31. The molecule has 0 aromatic heterocycles. The Morgan fingerprint density at radius 1 is 0.829 bits per heavy atom. The lowest BCUT2D eigenvalue weighted by Gasteiger charge is -2.36. The zero-order valence-corrected chi connectivity index (χ0v) is 21.3. The average molecular weight is 580 g/mol. The van der Waals surface area contributed by atoms with Crippen molar-refractivity contribution in [1.29, 1.82) is 0 Å². The number of anilines is 2. The molecule has 3 amide bonds. The van der Waals surface area contributed by atoms with Gasteiger partial charge in [0.25, 0.3) is 11.8 Å². The summed E-state index contributed by atoms with van der Waals surface area (Å²) in [5, 5.41) is 1.95. The summed E-state index contributed by atoms with van der Waals surface area (Å²) in [7, 11) is 0. The van der Waals surface area contributed by atoms with Gasteiger partial charge in [0.2, 0.25) is 5.91 Å². The van der Waals surface area contributed by atoms with E-state index in [2.05, 4.69) is 40.1 Å². The van der Waals surface area contributed by atoms with E-state index in [1.807, 2.05) is 30.3 Å². The zero-order valence-electron chi connectivity index (χ0n) is 19.2. The van der Waals surface area contributed by atoms with Gasteiger partial charge < -0.3 is 4.90 Å². The van der Waals surface area contributed by atoms with Crippen molar-refractivity contribution >= 4 is 62.7 Å². The first-order valence-corrected chi connectivity index (χ1v) is 12.9. The molecule has 3 aliphatic heterocycles. The molecule has 35 heavy (non-hydrogen) atoms. The Balaban J connectivity index is 1.28. The molecule has 2 fully saturated rings. The summed E-state index contributed by atoms with van der Waals surface area (Å²) in [6.07, 6.45) is 0.609. The van der Waals surface area contributed by atoms with Gasteiger partial charge in [-0.25, -0.2) is 3.11 Å². The Labute approximate surface area is 217 Å². The van der Waals surface area contributed by atoms with Crippen molar-refractivity contribution in [1.82, 2.24) is 8.01 Å². The highest BCUT2D eigenvalue weighted by atomic mass is 127. The number of amides is 3. The number of nitrogens with zero attached hydrogens (tertiary/aromatic N) is 4. The van der Waals surface area contributed by atoms with E-state index in [-0.39, 0.29) is 24.1 Å². The van der Waals surface area contributed by atoms with E-state index in [4.69, 9.17) is 0 Å². The second-order valence-electron chi connectivity index (χ2n) is 9.32. The summed E-state index contributed by atoms with van der Waals surface area (Å²) in [6.45, 7) is 4.72. The number of halogens is 1. The van der Waals surface area contributed by atoms with Gasteiger partial charge in [0.15, 0.2) is 0 Å². The van der Waals surface area contributed by atoms with Gasteiger partial charge in [-0.3, -0.25) is 24.2 Å². The van der Waals surface area contributed by atoms with Crippen molar-refractivity contribution in [2.24, 2.45) is 0 Å². The quantitative estimate of drug-likeness (QED) is 0.266. The van der Waals surface area contributed by atoms with Crippen LogP contribution in [0.15, 0.2) is 60.7 Å². The monoisotopic (exact) mass is 580 g/mol. The van der Waals surface area contributed by atoms with Crippen LogP contribution >= 0.6 is 22.9 Å². The van der Waals surface area contributed by atoms with Crippen molar-refractivity contribution in [2.75, 3.05) is 36.0 Å². The third-order valence-corrected chi connectivity index (χ3v) is 8.32. The lowest BCUT2D eigenvalue weighted by atomic mass is 10.0. The number of imide groups is 1. The van der Waals surface area contributed by atoms with Crippen LogP contribution in [0.4, 0.5) is 11.4 Å². The van der Waals surface area contributed by atoms with Gasteiger partial charge in [-0.15, -0.1) is 0 Å². The molecular formula is C27H25IN4O3. The lowest BCUT2D eigenvalue weighted by molar-refractivity contribution is -0.140. The number of rotatable bonds is 4. The van der Waals surface area contributed by atoms with Crippen molar-refractivity contribution < 1.29 is 14.4 Å². The molecule has 8 heteroatoms. The van der Waals surface area contributed by atoms with Gasteiger partial charge in [-0.05, 0) is 30.2 Å². The summed E-state index contributed by atoms with van der Waals surface area (Å²) in [6, 6.07) is 19.8. The number of hydrogen-bond donors (Lipinski definition) is 0. The minimum atomic E-state index is -0.653. The lowest BCUT2D eigenvalue weighted by Crippen LogP contribution is -2.52. The average Bonchev–Trinajstić information content (AvgIpc) is 3.17. The number of piperazine rings is 1. The molecule has 0 saturated carbocycles. The van der Waals surface area contributed by atoms with Crippen molar-refractivity contribution in [3.63, 3.8) is 0 Å². The van der Waals surface area contributed by atoms with Crippen LogP contribution in [0.5, 0.6) is 0 Å². The minimum Gasteiger partial charge on any atom is -0.368 e. The third kappa shape index (κ3) is 3.79. The van der Waals surface area contributed by atoms with E-state index in [1.165, 1.54) is 5.56 Å². The van der Waals surface area contributed by atoms with Gasteiger partial charge in [-0.2, -0.15) is 0 Å². The van der Waals surface area contributed by atoms with Crippen LogP contribution < -0.4 is 9.80 Å². The molecule has 2 saturated heterocycles. The second kappa shape index (κ2) is 8.91. The molecule has 0 radical (unpaired) electrons. The van der Waals surface area contributed by atoms with Crippen LogP contribution in [0.2, 0.25) is 0 Å². The molecule has 3 aromatic rings. The summed E-state index contributed by atoms with van der Waals surface area (Å²) >= 11 is 1.75. The van der Waals surface area contributed by atoms with E-state index in [1.54, 1.807) is 27.8 Å². The second-order valence-corrected chi connectivity index (χ2v) is 10.3. The standard InChI is InChI=1S/C27H25IN4O3/c28-32-24(33)12-11-23(27(32)35)31-22-8-4-7-19-21(10-9-20(25(19)22)26(31)34)30-15-13-29(14-16-30)17-18-5-2-1-3-6-18/h1-10,23H,11-17H2. The molecule has 1 atom stereocenters. The number of benzene rings is 3.